The lowest BCUT2D eigenvalue weighted by atomic mass is 9.88. The molecule has 0 aromatic carbocycles. The average molecular weight is 210 g/mol. The van der Waals surface area contributed by atoms with Crippen molar-refractivity contribution in [3.05, 3.63) is 0 Å². The van der Waals surface area contributed by atoms with E-state index < -0.39 is 0 Å². The number of piperidine rings is 1. The molecule has 88 valence electrons. The van der Waals surface area contributed by atoms with E-state index in [0.717, 1.165) is 12.0 Å². The highest BCUT2D eigenvalue weighted by Gasteiger charge is 2.34. The van der Waals surface area contributed by atoms with E-state index in [9.17, 15) is 0 Å². The van der Waals surface area contributed by atoms with Gasteiger partial charge in [-0.2, -0.15) is 0 Å². The average Bonchev–Trinajstić information content (AvgIpc) is 2.61. The molecule has 2 heteroatoms. The maximum absolute atomic E-state index is 3.55. The Morgan fingerprint density at radius 1 is 1.27 bits per heavy atom. The first-order valence-corrected chi connectivity index (χ1v) is 6.51. The van der Waals surface area contributed by atoms with Crippen LogP contribution < -0.4 is 5.32 Å². The van der Waals surface area contributed by atoms with Crippen LogP contribution >= 0.6 is 0 Å². The second kappa shape index (κ2) is 4.42. The predicted octanol–water partition coefficient (Wildman–Crippen LogP) is 2.11. The van der Waals surface area contributed by atoms with Gasteiger partial charge in [0, 0.05) is 12.6 Å². The lowest BCUT2D eigenvalue weighted by Gasteiger charge is -2.38. The highest BCUT2D eigenvalue weighted by molar-refractivity contribution is 4.92. The van der Waals surface area contributed by atoms with Gasteiger partial charge in [-0.3, -0.25) is 4.90 Å². The molecule has 2 nitrogen and oxygen atoms in total. The number of hydrogen-bond donors (Lipinski definition) is 1. The molecule has 2 aliphatic heterocycles. The van der Waals surface area contributed by atoms with Gasteiger partial charge in [0.15, 0.2) is 0 Å². The smallest absolute Gasteiger partial charge is 0.0260 e. The molecule has 0 saturated carbocycles. The molecular formula is C13H26N2. The number of fused-ring (bicyclic) bond motifs is 1. The molecule has 2 heterocycles. The summed E-state index contributed by atoms with van der Waals surface area (Å²) in [4.78, 5) is 2.74. The molecule has 0 bridgehead atoms. The van der Waals surface area contributed by atoms with Gasteiger partial charge in [-0.25, -0.2) is 0 Å². The normalized spacial score (nSPS) is 33.0. The molecule has 0 amide bonds. The fourth-order valence-corrected chi connectivity index (χ4v) is 2.92. The minimum atomic E-state index is 0.485. The first-order chi connectivity index (χ1) is 7.06. The van der Waals surface area contributed by atoms with Crippen molar-refractivity contribution in [2.45, 2.75) is 46.1 Å². The molecule has 2 saturated heterocycles. The number of nitrogens with one attached hydrogen (secondary N) is 1. The Labute approximate surface area is 94.4 Å². The largest absolute Gasteiger partial charge is 0.315 e. The molecule has 2 rings (SSSR count). The number of nitrogens with zero attached hydrogens (tertiary/aromatic N) is 1. The van der Waals surface area contributed by atoms with Gasteiger partial charge in [-0.15, -0.1) is 0 Å². The highest BCUT2D eigenvalue weighted by atomic mass is 15.2. The van der Waals surface area contributed by atoms with Crippen LogP contribution in [-0.4, -0.2) is 37.1 Å². The van der Waals surface area contributed by atoms with E-state index in [-0.39, 0.29) is 0 Å². The molecule has 0 aromatic heterocycles. The minimum Gasteiger partial charge on any atom is -0.315 e. The first kappa shape index (κ1) is 11.4. The van der Waals surface area contributed by atoms with Crippen molar-refractivity contribution < 1.29 is 0 Å². The molecule has 0 spiro atoms. The van der Waals surface area contributed by atoms with Crippen molar-refractivity contribution in [2.75, 3.05) is 26.2 Å². The van der Waals surface area contributed by atoms with E-state index in [1.54, 1.807) is 0 Å². The molecule has 2 atom stereocenters. The van der Waals surface area contributed by atoms with E-state index in [0.29, 0.717) is 5.41 Å². The maximum atomic E-state index is 3.55. The van der Waals surface area contributed by atoms with Crippen LogP contribution in [0.1, 0.15) is 40.0 Å². The summed E-state index contributed by atoms with van der Waals surface area (Å²) in [6, 6.07) is 0.848. The van der Waals surface area contributed by atoms with E-state index >= 15 is 0 Å². The van der Waals surface area contributed by atoms with Crippen LogP contribution in [0.3, 0.4) is 0 Å². The highest BCUT2D eigenvalue weighted by Crippen LogP contribution is 2.28. The molecule has 1 N–H and O–H groups in total. The van der Waals surface area contributed by atoms with Gasteiger partial charge >= 0.3 is 0 Å². The molecule has 0 aromatic rings. The summed E-state index contributed by atoms with van der Waals surface area (Å²) in [6.07, 6.45) is 4.19. The number of hydrogen-bond acceptors (Lipinski definition) is 2. The third-order valence-corrected chi connectivity index (χ3v) is 3.94. The van der Waals surface area contributed by atoms with E-state index in [4.69, 9.17) is 0 Å². The quantitative estimate of drug-likeness (QED) is 0.751. The zero-order valence-corrected chi connectivity index (χ0v) is 10.6. The fraction of sp³-hybridized carbons (Fsp3) is 1.00. The third-order valence-electron chi connectivity index (χ3n) is 3.94. The summed E-state index contributed by atoms with van der Waals surface area (Å²) in [5, 5.41) is 3.55. The molecule has 2 aliphatic rings. The standard InChI is InChI=1S/C13H26N2/c1-13(2,3)6-8-15-7-4-5-11-9-14-10-12(11)15/h11-12,14H,4-10H2,1-3H3. The van der Waals surface area contributed by atoms with Crippen LogP contribution in [0.5, 0.6) is 0 Å². The lowest BCUT2D eigenvalue weighted by molar-refractivity contribution is 0.110. The van der Waals surface area contributed by atoms with Crippen LogP contribution in [0.15, 0.2) is 0 Å². The molecule has 0 radical (unpaired) electrons. The Morgan fingerprint density at radius 2 is 2.07 bits per heavy atom. The van der Waals surface area contributed by atoms with Crippen LogP contribution in [0, 0.1) is 11.3 Å². The first-order valence-electron chi connectivity index (χ1n) is 6.51. The van der Waals surface area contributed by atoms with Gasteiger partial charge in [0.05, 0.1) is 0 Å². The summed E-state index contributed by atoms with van der Waals surface area (Å²) in [7, 11) is 0. The van der Waals surface area contributed by atoms with Crippen molar-refractivity contribution in [3.8, 4) is 0 Å². The summed E-state index contributed by atoms with van der Waals surface area (Å²) in [5.74, 6) is 0.943. The molecular weight excluding hydrogens is 184 g/mol. The molecule has 15 heavy (non-hydrogen) atoms. The van der Waals surface area contributed by atoms with E-state index in [2.05, 4.69) is 31.0 Å². The van der Waals surface area contributed by atoms with Gasteiger partial charge in [-0.1, -0.05) is 20.8 Å². The Bertz CT molecular complexity index is 207. The zero-order valence-electron chi connectivity index (χ0n) is 10.6. The number of rotatable bonds is 2. The van der Waals surface area contributed by atoms with E-state index in [1.807, 2.05) is 0 Å². The summed E-state index contributed by atoms with van der Waals surface area (Å²) in [6.45, 7) is 12.2. The topological polar surface area (TPSA) is 15.3 Å². The fourth-order valence-electron chi connectivity index (χ4n) is 2.92. The second-order valence-electron chi connectivity index (χ2n) is 6.47. The van der Waals surface area contributed by atoms with Crippen LogP contribution in [-0.2, 0) is 0 Å². The Morgan fingerprint density at radius 3 is 2.80 bits per heavy atom. The predicted molar refractivity (Wildman–Crippen MR) is 65.0 cm³/mol. The molecule has 2 unspecified atom stereocenters. The monoisotopic (exact) mass is 210 g/mol. The lowest BCUT2D eigenvalue weighted by Crippen LogP contribution is -2.46. The van der Waals surface area contributed by atoms with Crippen molar-refractivity contribution in [1.29, 1.82) is 0 Å². The van der Waals surface area contributed by atoms with Gasteiger partial charge < -0.3 is 5.32 Å². The van der Waals surface area contributed by atoms with E-state index in [1.165, 1.54) is 45.4 Å². The molecule has 0 aliphatic carbocycles. The SMILES string of the molecule is CC(C)(C)CCN1CCCC2CNCC21. The van der Waals surface area contributed by atoms with Crippen molar-refractivity contribution in [1.82, 2.24) is 10.2 Å². The van der Waals surface area contributed by atoms with Crippen molar-refractivity contribution in [3.63, 3.8) is 0 Å². The van der Waals surface area contributed by atoms with Gasteiger partial charge in [0.2, 0.25) is 0 Å². The Balaban J connectivity index is 1.85. The third kappa shape index (κ3) is 2.94. The van der Waals surface area contributed by atoms with Gasteiger partial charge in [-0.05, 0) is 50.2 Å². The molecule has 2 fully saturated rings. The summed E-state index contributed by atoms with van der Waals surface area (Å²) >= 11 is 0. The minimum absolute atomic E-state index is 0.485. The Kier molecular flexibility index (Phi) is 3.36. The maximum Gasteiger partial charge on any atom is 0.0260 e. The summed E-state index contributed by atoms with van der Waals surface area (Å²) < 4.78 is 0. The van der Waals surface area contributed by atoms with Crippen molar-refractivity contribution >= 4 is 0 Å². The summed E-state index contributed by atoms with van der Waals surface area (Å²) in [5.41, 5.74) is 0.485. The zero-order chi connectivity index (χ0) is 10.9. The van der Waals surface area contributed by atoms with Crippen LogP contribution in [0.4, 0.5) is 0 Å². The van der Waals surface area contributed by atoms with Gasteiger partial charge in [0.1, 0.15) is 0 Å². The number of likely N-dealkylation sites (tertiary alicyclic amines) is 1. The Hall–Kier alpha value is -0.0800. The van der Waals surface area contributed by atoms with Crippen LogP contribution in [0.2, 0.25) is 0 Å². The van der Waals surface area contributed by atoms with Crippen molar-refractivity contribution in [2.24, 2.45) is 11.3 Å². The van der Waals surface area contributed by atoms with Crippen LogP contribution in [0.25, 0.3) is 0 Å². The second-order valence-corrected chi connectivity index (χ2v) is 6.47. The van der Waals surface area contributed by atoms with Gasteiger partial charge in [0.25, 0.3) is 0 Å².